The van der Waals surface area contributed by atoms with Crippen LogP contribution in [0.1, 0.15) is 161 Å². The highest BCUT2D eigenvalue weighted by Gasteiger charge is 2.46. The van der Waals surface area contributed by atoms with Crippen LogP contribution in [0.15, 0.2) is 60.7 Å². The molecule has 6 amide bonds. The number of piperidine rings is 2. The average molecular weight is 1140 g/mol. The summed E-state index contributed by atoms with van der Waals surface area (Å²) in [5, 5.41) is 5.10. The minimum absolute atomic E-state index is 0.00399. The molecule has 20 nitrogen and oxygen atoms in total. The summed E-state index contributed by atoms with van der Waals surface area (Å²) in [6.45, 7) is 7.79. The van der Waals surface area contributed by atoms with Crippen LogP contribution in [0.2, 0.25) is 0 Å². The molecule has 3 heterocycles. The van der Waals surface area contributed by atoms with Gasteiger partial charge in [-0.25, -0.2) is 0 Å². The fraction of sp³-hybridized carbons (Fsp3) is 0.548. The molecule has 2 N–H and O–H groups in total. The number of carbonyl (C=O) groups excluding carboxylic acids is 10. The summed E-state index contributed by atoms with van der Waals surface area (Å²) >= 11 is 0. The Morgan fingerprint density at radius 2 is 1.40 bits per heavy atom. The Labute approximate surface area is 480 Å². The van der Waals surface area contributed by atoms with Gasteiger partial charge in [-0.05, 0) is 124 Å². The lowest BCUT2D eigenvalue weighted by atomic mass is 9.82. The number of ether oxygens (including phenoxy) is 6. The third-order valence-corrected chi connectivity index (χ3v) is 15.3. The van der Waals surface area contributed by atoms with Gasteiger partial charge in [-0.1, -0.05) is 45.0 Å². The summed E-state index contributed by atoms with van der Waals surface area (Å²) < 4.78 is 33.5. The number of fused-ring (bicyclic) bond motifs is 1. The van der Waals surface area contributed by atoms with E-state index in [1.54, 1.807) is 34.1 Å². The zero-order valence-corrected chi connectivity index (χ0v) is 48.1. The second kappa shape index (κ2) is 31.9. The largest absolute Gasteiger partial charge is 0.493 e. The minimum Gasteiger partial charge on any atom is -0.493 e. The summed E-state index contributed by atoms with van der Waals surface area (Å²) in [5.74, 6) is -3.28. The number of unbranched alkanes of at least 4 members (excludes halogenated alkanes) is 2. The van der Waals surface area contributed by atoms with Gasteiger partial charge in [-0.3, -0.25) is 58.2 Å². The molecular weight excluding hydrogens is 1060 g/mol. The van der Waals surface area contributed by atoms with E-state index < -0.39 is 52.8 Å². The molecule has 0 aliphatic carbocycles. The van der Waals surface area contributed by atoms with Crippen LogP contribution in [0, 0.1) is 5.41 Å². The number of rotatable bonds is 36. The van der Waals surface area contributed by atoms with Crippen LogP contribution in [0.3, 0.4) is 0 Å². The van der Waals surface area contributed by atoms with Crippen molar-refractivity contribution in [3.63, 3.8) is 0 Å². The van der Waals surface area contributed by atoms with Gasteiger partial charge >= 0.3 is 0 Å². The molecule has 2 fully saturated rings. The summed E-state index contributed by atoms with van der Waals surface area (Å²) in [7, 11) is 3.15. The molecule has 0 radical (unpaired) electrons. The number of anilines is 1. The predicted octanol–water partition coefficient (Wildman–Crippen LogP) is 7.49. The summed E-state index contributed by atoms with van der Waals surface area (Å²) in [6.07, 6.45) is 6.92. The lowest BCUT2D eigenvalue weighted by molar-refractivity contribution is -0.153. The number of nitrogens with zero attached hydrogens (tertiary/aromatic N) is 2. The number of amides is 6. The lowest BCUT2D eigenvalue weighted by Gasteiger charge is -2.36. The van der Waals surface area contributed by atoms with Crippen molar-refractivity contribution in [2.75, 3.05) is 72.3 Å². The molecule has 3 aliphatic rings. The Balaban J connectivity index is 0.824. The van der Waals surface area contributed by atoms with Crippen molar-refractivity contribution in [3.05, 3.63) is 82.9 Å². The molecular formula is C62H80N4O16. The number of aryl methyl sites for hydroxylation is 1. The molecule has 20 heteroatoms. The van der Waals surface area contributed by atoms with Crippen LogP contribution in [-0.2, 0) is 59.0 Å². The van der Waals surface area contributed by atoms with Crippen molar-refractivity contribution in [1.29, 1.82) is 0 Å². The highest BCUT2D eigenvalue weighted by Crippen LogP contribution is 2.36. The van der Waals surface area contributed by atoms with Gasteiger partial charge in [0.05, 0.1) is 57.8 Å². The van der Waals surface area contributed by atoms with E-state index in [0.29, 0.717) is 121 Å². The molecule has 3 atom stereocenters. The second-order valence-corrected chi connectivity index (χ2v) is 21.6. The molecule has 0 saturated carbocycles. The van der Waals surface area contributed by atoms with E-state index in [1.807, 2.05) is 43.3 Å². The molecule has 2 unspecified atom stereocenters. The van der Waals surface area contributed by atoms with E-state index >= 15 is 0 Å². The topological polar surface area (TPSA) is 257 Å². The molecule has 2 saturated heterocycles. The molecule has 0 aromatic heterocycles. The monoisotopic (exact) mass is 1140 g/mol. The van der Waals surface area contributed by atoms with Crippen LogP contribution in [0.4, 0.5) is 5.69 Å². The molecule has 0 bridgehead atoms. The van der Waals surface area contributed by atoms with Gasteiger partial charge in [-0.15, -0.1) is 0 Å². The van der Waals surface area contributed by atoms with Crippen LogP contribution in [-0.4, -0.2) is 147 Å². The standard InChI is InChI=1S/C62H80N4O16/c1-6-62(2,3)57(72)61(76)65-30-10-7-20-48(65)50(69)39-43(24-22-41-23-27-51(77-4)53(37-41)78-5)42-15-13-16-44(38-42)63-54(70)28-25-45(67)17-8-11-31-79-33-35-81-36-34-80-32-12-9-18-46(68)40-82-52-21-14-19-47-56(52)60(75)66(59(47)74)49-26-29-55(71)64-58(49)73/h13-16,19,21,23,27,37-38,43,48-49H,6-12,17-18,20,22,24-26,28-36,39-40H2,1-5H3,(H,63,70)(H,64,71,73)/t43-,48?,49?/m0/s1. The number of benzene rings is 3. The van der Waals surface area contributed by atoms with Gasteiger partial charge in [-0.2, -0.15) is 0 Å². The number of methoxy groups -OCH3 is 2. The Bertz CT molecular complexity index is 2780. The highest BCUT2D eigenvalue weighted by atomic mass is 16.5. The number of hydrogen-bond acceptors (Lipinski definition) is 16. The Kier molecular flexibility index (Phi) is 24.9. The number of nitrogens with one attached hydrogen (secondary N) is 2. The summed E-state index contributed by atoms with van der Waals surface area (Å²) in [6, 6.07) is 15.8. The van der Waals surface area contributed by atoms with E-state index in [2.05, 4.69) is 10.6 Å². The number of ketones is 4. The summed E-state index contributed by atoms with van der Waals surface area (Å²) in [5.41, 5.74) is 1.59. The molecule has 6 rings (SSSR count). The van der Waals surface area contributed by atoms with E-state index in [-0.39, 0.29) is 91.2 Å². The van der Waals surface area contributed by atoms with Crippen molar-refractivity contribution in [2.45, 2.75) is 148 Å². The molecule has 0 spiro atoms. The molecule has 3 aromatic rings. The van der Waals surface area contributed by atoms with Gasteiger partial charge in [0.15, 0.2) is 23.1 Å². The Hall–Kier alpha value is -7.16. The Morgan fingerprint density at radius 3 is 2.09 bits per heavy atom. The second-order valence-electron chi connectivity index (χ2n) is 21.6. The van der Waals surface area contributed by atoms with Crippen LogP contribution in [0.5, 0.6) is 17.2 Å². The van der Waals surface area contributed by atoms with Gasteiger partial charge in [0.25, 0.3) is 17.7 Å². The van der Waals surface area contributed by atoms with Crippen molar-refractivity contribution < 1.29 is 76.4 Å². The fourth-order valence-electron chi connectivity index (χ4n) is 10.1. The molecule has 444 valence electrons. The van der Waals surface area contributed by atoms with E-state index in [1.165, 1.54) is 23.1 Å². The maximum absolute atomic E-state index is 14.3. The molecule has 3 aromatic carbocycles. The number of carbonyl (C=O) groups is 10. The number of likely N-dealkylation sites (tertiary alicyclic amines) is 1. The number of imide groups is 2. The lowest BCUT2D eigenvalue weighted by Crippen LogP contribution is -2.54. The third kappa shape index (κ3) is 18.2. The third-order valence-electron chi connectivity index (χ3n) is 15.3. The normalized spacial score (nSPS) is 16.5. The van der Waals surface area contributed by atoms with E-state index in [4.69, 9.17) is 28.4 Å². The number of Topliss-reactive ketones (excluding diaryl/α,β-unsaturated/α-hetero) is 4. The molecule has 3 aliphatic heterocycles. The molecule has 82 heavy (non-hydrogen) atoms. The predicted molar refractivity (Wildman–Crippen MR) is 302 cm³/mol. The smallest absolute Gasteiger partial charge is 0.291 e. The zero-order valence-electron chi connectivity index (χ0n) is 48.1. The van der Waals surface area contributed by atoms with Crippen molar-refractivity contribution in [2.24, 2.45) is 5.41 Å². The van der Waals surface area contributed by atoms with Crippen molar-refractivity contribution in [1.82, 2.24) is 15.1 Å². The summed E-state index contributed by atoms with van der Waals surface area (Å²) in [4.78, 5) is 132. The first-order valence-corrected chi connectivity index (χ1v) is 28.7. The van der Waals surface area contributed by atoms with E-state index in [0.717, 1.165) is 28.9 Å². The Morgan fingerprint density at radius 1 is 0.720 bits per heavy atom. The van der Waals surface area contributed by atoms with Crippen LogP contribution in [0.25, 0.3) is 0 Å². The van der Waals surface area contributed by atoms with Gasteiger partial charge in [0.1, 0.15) is 24.2 Å². The van der Waals surface area contributed by atoms with Crippen LogP contribution >= 0.6 is 0 Å². The fourth-order valence-corrected chi connectivity index (χ4v) is 10.1. The highest BCUT2D eigenvalue weighted by molar-refractivity contribution is 6.38. The van der Waals surface area contributed by atoms with Gasteiger partial charge < -0.3 is 38.6 Å². The maximum Gasteiger partial charge on any atom is 0.291 e. The first-order chi connectivity index (χ1) is 39.5. The maximum atomic E-state index is 14.3. The SMILES string of the molecule is CCC(C)(C)C(=O)C(=O)N1CCCCC1C(=O)C[C@H](CCc1ccc(OC)c(OC)c1)c1cccc(NC(=O)CCC(=O)CCCCOCCOCCOCCCCC(=O)COc2cccc3c2C(=O)N(C2CCC(=O)NC2=O)C3=O)c1. The van der Waals surface area contributed by atoms with Gasteiger partial charge in [0, 0.05) is 69.4 Å². The van der Waals surface area contributed by atoms with Crippen molar-refractivity contribution >= 4 is 64.3 Å². The average Bonchev–Trinajstić information content (AvgIpc) is 3.97. The quantitative estimate of drug-likeness (QED) is 0.0325. The van der Waals surface area contributed by atoms with Crippen LogP contribution < -0.4 is 24.8 Å². The first-order valence-electron chi connectivity index (χ1n) is 28.7. The van der Waals surface area contributed by atoms with Gasteiger partial charge in [0.2, 0.25) is 23.5 Å². The minimum atomic E-state index is -1.11. The van der Waals surface area contributed by atoms with Crippen molar-refractivity contribution in [3.8, 4) is 17.2 Å². The first kappa shape index (κ1) is 64.0. The number of hydrogen-bond donors (Lipinski definition) is 2. The van der Waals surface area contributed by atoms with E-state index in [9.17, 15) is 47.9 Å². The zero-order chi connectivity index (χ0) is 59.2.